The number of hydrogen-bond donors (Lipinski definition) is 1. The number of carbonyl (C=O) groups excluding carboxylic acids is 1. The fraction of sp³-hybridized carbons (Fsp3) is 0.412. The van der Waals surface area contributed by atoms with Crippen molar-refractivity contribution in [2.24, 2.45) is 0 Å². The Morgan fingerprint density at radius 2 is 1.92 bits per heavy atom. The molecule has 2 heterocycles. The summed E-state index contributed by atoms with van der Waals surface area (Å²) in [5.74, 6) is -1.62. The van der Waals surface area contributed by atoms with E-state index < -0.39 is 17.7 Å². The maximum atomic E-state index is 13.0. The van der Waals surface area contributed by atoms with Crippen LogP contribution in [0.5, 0.6) is 0 Å². The van der Waals surface area contributed by atoms with Crippen molar-refractivity contribution >= 4 is 17.5 Å². The number of carbonyl (C=O) groups is 1. The average molecular weight is 388 g/mol. The van der Waals surface area contributed by atoms with Gasteiger partial charge in [-0.3, -0.25) is 4.79 Å². The maximum absolute atomic E-state index is 13.0. The predicted molar refractivity (Wildman–Crippen MR) is 89.1 cm³/mol. The summed E-state index contributed by atoms with van der Waals surface area (Å²) in [6.45, 7) is 2.29. The zero-order chi connectivity index (χ0) is 19.3. The van der Waals surface area contributed by atoms with E-state index in [1.807, 2.05) is 0 Å². The highest BCUT2D eigenvalue weighted by molar-refractivity contribution is 6.30. The third-order valence-corrected chi connectivity index (χ3v) is 4.79. The number of hydrogen-bond acceptors (Lipinski definition) is 3. The lowest BCUT2D eigenvalue weighted by Crippen LogP contribution is -2.57. The van der Waals surface area contributed by atoms with Gasteiger partial charge in [-0.1, -0.05) is 18.5 Å². The van der Waals surface area contributed by atoms with Crippen LogP contribution in [0.2, 0.25) is 5.02 Å². The number of benzene rings is 1. The lowest BCUT2D eigenvalue weighted by Gasteiger charge is -2.36. The summed E-state index contributed by atoms with van der Waals surface area (Å²) in [6, 6.07) is 7.01. The van der Waals surface area contributed by atoms with Crippen molar-refractivity contribution in [3.8, 4) is 5.69 Å². The van der Waals surface area contributed by atoms with E-state index in [2.05, 4.69) is 5.10 Å². The average Bonchev–Trinajstić information content (AvgIpc) is 2.98. The molecule has 0 fully saturated rings. The van der Waals surface area contributed by atoms with E-state index in [9.17, 15) is 23.1 Å². The van der Waals surface area contributed by atoms with Crippen LogP contribution in [0.4, 0.5) is 13.2 Å². The summed E-state index contributed by atoms with van der Waals surface area (Å²) < 4.78 is 40.6. The summed E-state index contributed by atoms with van der Waals surface area (Å²) in [7, 11) is 0. The number of rotatable bonds is 2. The first-order valence-electron chi connectivity index (χ1n) is 7.93. The van der Waals surface area contributed by atoms with E-state index in [1.54, 1.807) is 35.9 Å². The molecule has 0 saturated heterocycles. The second-order valence-corrected chi connectivity index (χ2v) is 7.04. The Morgan fingerprint density at radius 1 is 1.31 bits per heavy atom. The zero-order valence-electron chi connectivity index (χ0n) is 14.1. The van der Waals surface area contributed by atoms with E-state index in [0.717, 1.165) is 16.3 Å². The molecule has 0 saturated carbocycles. The monoisotopic (exact) mass is 387 g/mol. The van der Waals surface area contributed by atoms with Crippen molar-refractivity contribution in [2.45, 2.75) is 38.1 Å². The molecule has 0 spiro atoms. The molecule has 1 aliphatic heterocycles. The Balaban J connectivity index is 1.91. The quantitative estimate of drug-likeness (QED) is 0.860. The molecule has 3 rings (SSSR count). The van der Waals surface area contributed by atoms with Crippen molar-refractivity contribution in [3.05, 3.63) is 46.7 Å². The van der Waals surface area contributed by atoms with Gasteiger partial charge in [0.15, 0.2) is 0 Å². The second kappa shape index (κ2) is 6.28. The van der Waals surface area contributed by atoms with Crippen LogP contribution in [-0.2, 0) is 11.3 Å². The fourth-order valence-corrected chi connectivity index (χ4v) is 3.22. The largest absolute Gasteiger partial charge is 0.426 e. The summed E-state index contributed by atoms with van der Waals surface area (Å²) in [4.78, 5) is 13.3. The van der Waals surface area contributed by atoms with E-state index >= 15 is 0 Å². The first-order chi connectivity index (χ1) is 12.0. The van der Waals surface area contributed by atoms with Crippen LogP contribution in [-0.4, -0.2) is 44.0 Å². The molecular weight excluding hydrogens is 371 g/mol. The summed E-state index contributed by atoms with van der Waals surface area (Å²) in [5.41, 5.74) is -1.19. The normalized spacial score (nSPS) is 19.8. The maximum Gasteiger partial charge on any atom is 0.426 e. The highest BCUT2D eigenvalue weighted by atomic mass is 35.5. The van der Waals surface area contributed by atoms with Gasteiger partial charge in [0, 0.05) is 29.6 Å². The highest BCUT2D eigenvalue weighted by Crippen LogP contribution is 2.35. The smallest absolute Gasteiger partial charge is 0.373 e. The summed E-state index contributed by atoms with van der Waals surface area (Å²) >= 11 is 5.89. The lowest BCUT2D eigenvalue weighted by molar-refractivity contribution is -0.250. The molecule has 26 heavy (non-hydrogen) atoms. The molecule has 0 unspecified atom stereocenters. The molecule has 140 valence electrons. The third kappa shape index (κ3) is 3.07. The van der Waals surface area contributed by atoms with Gasteiger partial charge in [-0.05, 0) is 31.2 Å². The lowest BCUT2D eigenvalue weighted by atomic mass is 9.95. The van der Waals surface area contributed by atoms with Crippen LogP contribution in [0, 0.1) is 0 Å². The van der Waals surface area contributed by atoms with Gasteiger partial charge in [0.25, 0.3) is 5.91 Å². The minimum Gasteiger partial charge on any atom is -0.373 e. The molecular formula is C17H17ClF3N3O2. The molecule has 5 nitrogen and oxygen atoms in total. The van der Waals surface area contributed by atoms with Gasteiger partial charge < -0.3 is 10.0 Å². The van der Waals surface area contributed by atoms with Crippen LogP contribution >= 0.6 is 11.6 Å². The Labute approximate surface area is 153 Å². The minimum atomic E-state index is -5.04. The zero-order valence-corrected chi connectivity index (χ0v) is 14.8. The Kier molecular flexibility index (Phi) is 4.52. The van der Waals surface area contributed by atoms with Crippen molar-refractivity contribution in [2.75, 3.05) is 6.54 Å². The van der Waals surface area contributed by atoms with E-state index in [4.69, 9.17) is 11.6 Å². The molecule has 1 aromatic carbocycles. The Morgan fingerprint density at radius 3 is 2.50 bits per heavy atom. The number of amides is 1. The Bertz CT molecular complexity index is 831. The van der Waals surface area contributed by atoms with Crippen LogP contribution in [0.25, 0.3) is 5.69 Å². The van der Waals surface area contributed by atoms with Crippen molar-refractivity contribution in [1.82, 2.24) is 14.7 Å². The first-order valence-corrected chi connectivity index (χ1v) is 8.31. The van der Waals surface area contributed by atoms with Gasteiger partial charge >= 0.3 is 6.18 Å². The molecule has 0 bridgehead atoms. The summed E-state index contributed by atoms with van der Waals surface area (Å²) in [6.07, 6.45) is -3.51. The Hall–Kier alpha value is -2.06. The number of nitrogens with zero attached hydrogens (tertiary/aromatic N) is 3. The second-order valence-electron chi connectivity index (χ2n) is 6.60. The van der Waals surface area contributed by atoms with Gasteiger partial charge in [-0.25, -0.2) is 4.68 Å². The van der Waals surface area contributed by atoms with Crippen LogP contribution in [0.1, 0.15) is 31.0 Å². The minimum absolute atomic E-state index is 0.0433. The molecule has 0 aliphatic carbocycles. The predicted octanol–water partition coefficient (Wildman–Crippen LogP) is 3.28. The summed E-state index contributed by atoms with van der Waals surface area (Å²) in [5, 5.41) is 14.5. The van der Waals surface area contributed by atoms with Crippen molar-refractivity contribution in [1.29, 1.82) is 0 Å². The number of fused-ring (bicyclic) bond motifs is 1. The molecule has 9 heteroatoms. The van der Waals surface area contributed by atoms with E-state index in [1.165, 1.54) is 6.20 Å². The first kappa shape index (κ1) is 18.7. The van der Waals surface area contributed by atoms with Gasteiger partial charge in [0.1, 0.15) is 0 Å². The molecule has 2 aromatic rings. The highest BCUT2D eigenvalue weighted by Gasteiger charge is 2.57. The van der Waals surface area contributed by atoms with E-state index in [-0.39, 0.29) is 19.0 Å². The molecule has 2 atom stereocenters. The molecule has 0 radical (unpaired) electrons. The fourth-order valence-electron chi connectivity index (χ4n) is 3.10. The number of alkyl halides is 3. The molecule has 1 aliphatic rings. The third-order valence-electron chi connectivity index (χ3n) is 4.54. The van der Waals surface area contributed by atoms with Crippen molar-refractivity contribution in [3.63, 3.8) is 0 Å². The topological polar surface area (TPSA) is 58.4 Å². The van der Waals surface area contributed by atoms with E-state index in [0.29, 0.717) is 17.5 Å². The van der Waals surface area contributed by atoms with Crippen LogP contribution < -0.4 is 0 Å². The van der Waals surface area contributed by atoms with Gasteiger partial charge in [-0.15, -0.1) is 0 Å². The molecule has 1 aromatic heterocycles. The SMILES string of the molecule is C[C@H]1CN(C(=O)[C@@](C)(O)C(F)(F)F)Cc2cnn(-c3ccc(Cl)cc3)c21. The standard InChI is InChI=1S/C17H17ClF3N3O2/c1-10-8-23(15(25)16(2,26)17(19,20)21)9-11-7-22-24(14(10)11)13-5-3-12(18)4-6-13/h3-7,10,26H,8-9H2,1-2H3/t10-,16+/m0/s1. The molecule has 1 N–H and O–H groups in total. The number of aromatic nitrogens is 2. The van der Waals surface area contributed by atoms with Gasteiger partial charge in [0.05, 0.1) is 17.6 Å². The van der Waals surface area contributed by atoms with Crippen LogP contribution in [0.15, 0.2) is 30.5 Å². The van der Waals surface area contributed by atoms with Gasteiger partial charge in [0.2, 0.25) is 5.60 Å². The van der Waals surface area contributed by atoms with Gasteiger partial charge in [-0.2, -0.15) is 18.3 Å². The van der Waals surface area contributed by atoms with Crippen molar-refractivity contribution < 1.29 is 23.1 Å². The number of aliphatic hydroxyl groups is 1. The molecule has 1 amide bonds. The van der Waals surface area contributed by atoms with Crippen LogP contribution in [0.3, 0.4) is 0 Å². The number of halogens is 4.